The molecule has 0 aliphatic heterocycles. The summed E-state index contributed by atoms with van der Waals surface area (Å²) in [6, 6.07) is 9.97. The highest BCUT2D eigenvalue weighted by Gasteiger charge is 2.46. The Kier molecular flexibility index (Phi) is 4.35. The van der Waals surface area contributed by atoms with Crippen LogP contribution in [0.1, 0.15) is 35.3 Å². The molecule has 0 bridgehead atoms. The summed E-state index contributed by atoms with van der Waals surface area (Å²) >= 11 is 1.42. The lowest BCUT2D eigenvalue weighted by Gasteiger charge is -2.47. The average Bonchev–Trinajstić information content (AvgIpc) is 3.12. The van der Waals surface area contributed by atoms with E-state index in [0.717, 1.165) is 29.8 Å². The van der Waals surface area contributed by atoms with Gasteiger partial charge in [-0.1, -0.05) is 23.5 Å². The summed E-state index contributed by atoms with van der Waals surface area (Å²) in [6.07, 6.45) is 4.28. The first-order valence-electron chi connectivity index (χ1n) is 8.60. The van der Waals surface area contributed by atoms with Crippen molar-refractivity contribution in [3.8, 4) is 10.6 Å². The van der Waals surface area contributed by atoms with Gasteiger partial charge in [-0.3, -0.25) is 9.78 Å². The first kappa shape index (κ1) is 17.5. The Bertz CT molecular complexity index is 984. The predicted molar refractivity (Wildman–Crippen MR) is 102 cm³/mol. The van der Waals surface area contributed by atoms with Gasteiger partial charge in [0, 0.05) is 24.4 Å². The molecule has 1 fully saturated rings. The Morgan fingerprint density at radius 3 is 2.56 bits per heavy atom. The van der Waals surface area contributed by atoms with E-state index in [4.69, 9.17) is 5.73 Å². The van der Waals surface area contributed by atoms with E-state index in [2.05, 4.69) is 15.2 Å². The molecular formula is C19H18FN5OS. The number of amides is 1. The molecule has 0 atom stereocenters. The zero-order valence-electron chi connectivity index (χ0n) is 14.7. The Labute approximate surface area is 159 Å². The summed E-state index contributed by atoms with van der Waals surface area (Å²) in [4.78, 5) is 17.5. The smallest absolute Gasteiger partial charge is 0.248 e. The van der Waals surface area contributed by atoms with Crippen molar-refractivity contribution in [1.29, 1.82) is 0 Å². The minimum atomic E-state index is -0.488. The highest BCUT2D eigenvalue weighted by Crippen LogP contribution is 2.48. The summed E-state index contributed by atoms with van der Waals surface area (Å²) < 4.78 is 14.4. The first-order valence-corrected chi connectivity index (χ1v) is 9.41. The third-order valence-corrected chi connectivity index (χ3v) is 6.19. The SMILES string of the molecule is CN(c1nnc(-c2ccc(C(N)=O)cc2)s1)C1(c2ncccc2F)CCC1. The number of primary amides is 1. The van der Waals surface area contributed by atoms with Gasteiger partial charge < -0.3 is 10.6 Å². The van der Waals surface area contributed by atoms with E-state index in [-0.39, 0.29) is 5.82 Å². The standard InChI is InChI=1S/C19H18FN5OS/c1-25(19(9-3-10-19)15-14(20)4-2-11-22-15)18-24-23-17(27-18)13-7-5-12(6-8-13)16(21)26/h2,4-8,11H,3,9-10H2,1H3,(H2,21,26). The topological polar surface area (TPSA) is 85.0 Å². The van der Waals surface area contributed by atoms with Crippen LogP contribution in [0.25, 0.3) is 10.6 Å². The second-order valence-electron chi connectivity index (χ2n) is 6.61. The Hall–Kier alpha value is -2.87. The minimum absolute atomic E-state index is 0.296. The third-order valence-electron chi connectivity index (χ3n) is 5.14. The highest BCUT2D eigenvalue weighted by atomic mass is 32.1. The monoisotopic (exact) mass is 383 g/mol. The van der Waals surface area contributed by atoms with E-state index >= 15 is 0 Å². The summed E-state index contributed by atoms with van der Waals surface area (Å²) in [5.41, 5.74) is 6.54. The van der Waals surface area contributed by atoms with Crippen molar-refractivity contribution in [2.75, 3.05) is 11.9 Å². The number of hydrogen-bond acceptors (Lipinski definition) is 6. The van der Waals surface area contributed by atoms with Crippen LogP contribution < -0.4 is 10.6 Å². The molecule has 1 aromatic carbocycles. The lowest BCUT2D eigenvalue weighted by Crippen LogP contribution is -2.50. The van der Waals surface area contributed by atoms with Gasteiger partial charge in [-0.25, -0.2) is 4.39 Å². The lowest BCUT2D eigenvalue weighted by molar-refractivity contribution is 0.100. The van der Waals surface area contributed by atoms with Crippen molar-refractivity contribution >= 4 is 22.4 Å². The van der Waals surface area contributed by atoms with Crippen LogP contribution in [-0.2, 0) is 5.54 Å². The molecule has 4 rings (SSSR count). The summed E-state index contributed by atoms with van der Waals surface area (Å²) in [7, 11) is 1.91. The highest BCUT2D eigenvalue weighted by molar-refractivity contribution is 7.18. The van der Waals surface area contributed by atoms with Crippen molar-refractivity contribution in [2.45, 2.75) is 24.8 Å². The number of anilines is 1. The maximum absolute atomic E-state index is 14.4. The van der Waals surface area contributed by atoms with Gasteiger partial charge >= 0.3 is 0 Å². The molecular weight excluding hydrogens is 365 g/mol. The molecule has 138 valence electrons. The van der Waals surface area contributed by atoms with Gasteiger partial charge in [0.15, 0.2) is 0 Å². The molecule has 2 aromatic heterocycles. The average molecular weight is 383 g/mol. The maximum atomic E-state index is 14.4. The van der Waals surface area contributed by atoms with Crippen molar-refractivity contribution in [3.63, 3.8) is 0 Å². The van der Waals surface area contributed by atoms with Gasteiger partial charge in [-0.15, -0.1) is 10.2 Å². The largest absolute Gasteiger partial charge is 0.366 e. The lowest BCUT2D eigenvalue weighted by atomic mass is 9.73. The number of carbonyl (C=O) groups is 1. The second kappa shape index (κ2) is 6.70. The van der Waals surface area contributed by atoms with E-state index in [9.17, 15) is 9.18 Å². The molecule has 3 aromatic rings. The van der Waals surface area contributed by atoms with Gasteiger partial charge in [0.25, 0.3) is 0 Å². The van der Waals surface area contributed by atoms with Crippen molar-refractivity contribution in [3.05, 3.63) is 59.7 Å². The zero-order valence-corrected chi connectivity index (χ0v) is 15.5. The van der Waals surface area contributed by atoms with Crippen LogP contribution in [0.3, 0.4) is 0 Å². The molecule has 27 heavy (non-hydrogen) atoms. The predicted octanol–water partition coefficient (Wildman–Crippen LogP) is 3.35. The molecule has 2 heterocycles. The van der Waals surface area contributed by atoms with Gasteiger partial charge in [-0.2, -0.15) is 0 Å². The quantitative estimate of drug-likeness (QED) is 0.730. The molecule has 0 saturated heterocycles. The maximum Gasteiger partial charge on any atom is 0.248 e. The number of nitrogens with two attached hydrogens (primary N) is 1. The van der Waals surface area contributed by atoms with E-state index < -0.39 is 11.4 Å². The van der Waals surface area contributed by atoms with E-state index in [1.54, 1.807) is 36.5 Å². The fraction of sp³-hybridized carbons (Fsp3) is 0.263. The van der Waals surface area contributed by atoms with Crippen LogP contribution in [-0.4, -0.2) is 28.1 Å². The zero-order chi connectivity index (χ0) is 19.0. The molecule has 6 nitrogen and oxygen atoms in total. The molecule has 1 amide bonds. The molecule has 1 aliphatic rings. The Balaban J connectivity index is 1.64. The van der Waals surface area contributed by atoms with Crippen LogP contribution in [0.5, 0.6) is 0 Å². The van der Waals surface area contributed by atoms with Gasteiger partial charge in [0.2, 0.25) is 11.0 Å². The molecule has 1 saturated carbocycles. The summed E-state index contributed by atoms with van der Waals surface area (Å²) in [5, 5.41) is 10.0. The summed E-state index contributed by atoms with van der Waals surface area (Å²) in [5.74, 6) is -0.764. The van der Waals surface area contributed by atoms with E-state index in [1.165, 1.54) is 17.4 Å². The van der Waals surface area contributed by atoms with Crippen LogP contribution in [0.15, 0.2) is 42.6 Å². The van der Waals surface area contributed by atoms with E-state index in [0.29, 0.717) is 16.4 Å². The molecule has 0 radical (unpaired) electrons. The van der Waals surface area contributed by atoms with Crippen LogP contribution in [0.2, 0.25) is 0 Å². The normalized spacial score (nSPS) is 15.2. The Morgan fingerprint density at radius 1 is 1.22 bits per heavy atom. The number of pyridine rings is 1. The number of benzene rings is 1. The summed E-state index contributed by atoms with van der Waals surface area (Å²) in [6.45, 7) is 0. The van der Waals surface area contributed by atoms with Crippen LogP contribution in [0, 0.1) is 5.82 Å². The molecule has 2 N–H and O–H groups in total. The minimum Gasteiger partial charge on any atom is -0.366 e. The Morgan fingerprint density at radius 2 is 1.96 bits per heavy atom. The number of rotatable bonds is 5. The third kappa shape index (κ3) is 2.95. The van der Waals surface area contributed by atoms with Gasteiger partial charge in [0.05, 0.1) is 5.54 Å². The molecule has 0 spiro atoms. The van der Waals surface area contributed by atoms with Crippen molar-refractivity contribution < 1.29 is 9.18 Å². The van der Waals surface area contributed by atoms with Gasteiger partial charge in [0.1, 0.15) is 16.5 Å². The fourth-order valence-electron chi connectivity index (χ4n) is 3.40. The van der Waals surface area contributed by atoms with E-state index in [1.807, 2.05) is 11.9 Å². The van der Waals surface area contributed by atoms with Crippen LogP contribution >= 0.6 is 11.3 Å². The second-order valence-corrected chi connectivity index (χ2v) is 7.57. The fourth-order valence-corrected chi connectivity index (χ4v) is 4.30. The van der Waals surface area contributed by atoms with Crippen LogP contribution in [0.4, 0.5) is 9.52 Å². The van der Waals surface area contributed by atoms with Gasteiger partial charge in [-0.05, 0) is 43.5 Å². The number of hydrogen-bond donors (Lipinski definition) is 1. The number of nitrogens with zero attached hydrogens (tertiary/aromatic N) is 4. The molecule has 8 heteroatoms. The number of halogens is 1. The first-order chi connectivity index (χ1) is 13.0. The number of aromatic nitrogens is 3. The van der Waals surface area contributed by atoms with Crippen molar-refractivity contribution in [2.24, 2.45) is 5.73 Å². The van der Waals surface area contributed by atoms with Crippen molar-refractivity contribution in [1.82, 2.24) is 15.2 Å². The molecule has 1 aliphatic carbocycles. The number of carbonyl (C=O) groups excluding carboxylic acids is 1. The molecule has 0 unspecified atom stereocenters.